The number of Topliss-reactive ketones (excluding diaryl/α,β-unsaturated/α-hetero) is 1. The average Bonchev–Trinajstić information content (AvgIpc) is 3.04. The molecular weight excluding hydrogens is 440 g/mol. The lowest BCUT2D eigenvalue weighted by Crippen LogP contribution is -2.46. The van der Waals surface area contributed by atoms with Crippen molar-refractivity contribution in [2.45, 2.75) is 58.9 Å². The molecule has 0 unspecified atom stereocenters. The monoisotopic (exact) mass is 472 g/mol. The van der Waals surface area contributed by atoms with E-state index in [1.54, 1.807) is 61.6 Å². The van der Waals surface area contributed by atoms with Crippen molar-refractivity contribution < 1.29 is 19.1 Å². The summed E-state index contributed by atoms with van der Waals surface area (Å²) in [5.74, 6) is -0.571. The number of methoxy groups -OCH3 is 1. The number of aromatic nitrogens is 1. The molecule has 0 radical (unpaired) electrons. The molecule has 0 spiro atoms. The van der Waals surface area contributed by atoms with Crippen LogP contribution in [-0.2, 0) is 11.8 Å². The maximum absolute atomic E-state index is 13.8. The number of hydrogen-bond donors (Lipinski definition) is 0. The minimum absolute atomic E-state index is 0.188. The highest BCUT2D eigenvalue weighted by Crippen LogP contribution is 2.29. The van der Waals surface area contributed by atoms with Gasteiger partial charge in [0.15, 0.2) is 5.78 Å². The number of ether oxygens (including phenoxy) is 1. The number of rotatable bonds is 7. The molecule has 1 aliphatic rings. The summed E-state index contributed by atoms with van der Waals surface area (Å²) in [4.78, 5) is 41.4. The number of halogens is 1. The summed E-state index contributed by atoms with van der Waals surface area (Å²) in [5, 5.41) is 0.371. The number of ketones is 1. The van der Waals surface area contributed by atoms with Crippen LogP contribution in [0, 0.1) is 19.8 Å². The predicted octanol–water partition coefficient (Wildman–Crippen LogP) is 5.38. The largest absolute Gasteiger partial charge is 0.464 e. The lowest BCUT2D eigenvalue weighted by atomic mass is 9.88. The van der Waals surface area contributed by atoms with Crippen LogP contribution in [0.25, 0.3) is 0 Å². The fourth-order valence-corrected chi connectivity index (χ4v) is 5.15. The Labute approximate surface area is 200 Å². The SMILES string of the molecule is COC(=O)c1c(C)c(C(=O)[C@@H](C)N(CC2CCCCC2)C(=O)c2ccccc2Cl)c(C)n1C. The summed E-state index contributed by atoms with van der Waals surface area (Å²) < 4.78 is 6.60. The summed E-state index contributed by atoms with van der Waals surface area (Å²) in [7, 11) is 3.06. The van der Waals surface area contributed by atoms with Crippen LogP contribution in [0.15, 0.2) is 24.3 Å². The fraction of sp³-hybridized carbons (Fsp3) is 0.500. The fourth-order valence-electron chi connectivity index (χ4n) is 4.93. The second-order valence-corrected chi connectivity index (χ2v) is 9.37. The number of nitrogens with zero attached hydrogens (tertiary/aromatic N) is 2. The highest BCUT2D eigenvalue weighted by atomic mass is 35.5. The quantitative estimate of drug-likeness (QED) is 0.401. The third kappa shape index (κ3) is 5.01. The zero-order valence-electron chi connectivity index (χ0n) is 20.1. The van der Waals surface area contributed by atoms with Gasteiger partial charge in [0, 0.05) is 24.8 Å². The Bertz CT molecular complexity index is 1050. The molecule has 0 N–H and O–H groups in total. The molecule has 1 aromatic heterocycles. The molecule has 6 nitrogen and oxygen atoms in total. The van der Waals surface area contributed by atoms with E-state index >= 15 is 0 Å². The molecule has 0 saturated heterocycles. The summed E-state index contributed by atoms with van der Waals surface area (Å²) >= 11 is 6.35. The Morgan fingerprint density at radius 1 is 1.15 bits per heavy atom. The second kappa shape index (κ2) is 10.6. The number of benzene rings is 1. The Hall–Kier alpha value is -2.60. The summed E-state index contributed by atoms with van der Waals surface area (Å²) in [6, 6.07) is 6.24. The average molecular weight is 473 g/mol. The minimum Gasteiger partial charge on any atom is -0.464 e. The maximum Gasteiger partial charge on any atom is 0.354 e. The molecule has 1 heterocycles. The van der Waals surface area contributed by atoms with Gasteiger partial charge in [0.1, 0.15) is 5.69 Å². The van der Waals surface area contributed by atoms with Gasteiger partial charge in [-0.2, -0.15) is 0 Å². The van der Waals surface area contributed by atoms with Gasteiger partial charge in [0.25, 0.3) is 5.91 Å². The molecule has 1 aromatic carbocycles. The van der Waals surface area contributed by atoms with Crippen LogP contribution in [0.1, 0.15) is 81.5 Å². The number of hydrogen-bond acceptors (Lipinski definition) is 4. The van der Waals surface area contributed by atoms with E-state index in [1.807, 2.05) is 0 Å². The lowest BCUT2D eigenvalue weighted by molar-refractivity contribution is 0.0577. The maximum atomic E-state index is 13.8. The van der Waals surface area contributed by atoms with Crippen LogP contribution in [-0.4, -0.2) is 46.8 Å². The van der Waals surface area contributed by atoms with E-state index in [0.717, 1.165) is 25.7 Å². The Morgan fingerprint density at radius 3 is 2.39 bits per heavy atom. The summed E-state index contributed by atoms with van der Waals surface area (Å²) in [6.07, 6.45) is 5.58. The van der Waals surface area contributed by atoms with Crippen molar-refractivity contribution in [1.82, 2.24) is 9.47 Å². The zero-order chi connectivity index (χ0) is 24.3. The molecule has 2 aromatic rings. The Morgan fingerprint density at radius 2 is 1.79 bits per heavy atom. The molecule has 1 saturated carbocycles. The topological polar surface area (TPSA) is 68.6 Å². The van der Waals surface area contributed by atoms with Crippen molar-refractivity contribution in [2.24, 2.45) is 13.0 Å². The van der Waals surface area contributed by atoms with Gasteiger partial charge in [-0.15, -0.1) is 0 Å². The van der Waals surface area contributed by atoms with Crippen molar-refractivity contribution in [1.29, 1.82) is 0 Å². The first-order valence-electron chi connectivity index (χ1n) is 11.5. The van der Waals surface area contributed by atoms with Crippen LogP contribution in [0.2, 0.25) is 5.02 Å². The zero-order valence-corrected chi connectivity index (χ0v) is 20.9. The van der Waals surface area contributed by atoms with Crippen molar-refractivity contribution in [2.75, 3.05) is 13.7 Å². The molecule has 1 aliphatic carbocycles. The molecule has 1 atom stereocenters. The number of carbonyl (C=O) groups excluding carboxylic acids is 3. The van der Waals surface area contributed by atoms with Crippen LogP contribution >= 0.6 is 11.6 Å². The molecule has 178 valence electrons. The van der Waals surface area contributed by atoms with E-state index in [4.69, 9.17) is 16.3 Å². The van der Waals surface area contributed by atoms with Gasteiger partial charge in [-0.3, -0.25) is 9.59 Å². The minimum atomic E-state index is -0.707. The Kier molecular flexibility index (Phi) is 8.01. The third-order valence-corrected chi connectivity index (χ3v) is 7.28. The summed E-state index contributed by atoms with van der Waals surface area (Å²) in [5.41, 5.74) is 2.45. The highest BCUT2D eigenvalue weighted by molar-refractivity contribution is 6.33. The van der Waals surface area contributed by atoms with Crippen molar-refractivity contribution in [3.05, 3.63) is 57.4 Å². The van der Waals surface area contributed by atoms with E-state index in [9.17, 15) is 14.4 Å². The van der Waals surface area contributed by atoms with E-state index < -0.39 is 12.0 Å². The van der Waals surface area contributed by atoms with Crippen molar-refractivity contribution in [3.63, 3.8) is 0 Å². The van der Waals surface area contributed by atoms with Crippen molar-refractivity contribution in [3.8, 4) is 0 Å². The second-order valence-electron chi connectivity index (χ2n) is 8.97. The molecular formula is C26H33ClN2O4. The van der Waals surface area contributed by atoms with Gasteiger partial charge in [-0.1, -0.05) is 43.0 Å². The molecule has 1 amide bonds. The first kappa shape index (κ1) is 25.0. The predicted molar refractivity (Wildman–Crippen MR) is 129 cm³/mol. The van der Waals surface area contributed by atoms with Crippen LogP contribution in [0.3, 0.4) is 0 Å². The summed E-state index contributed by atoms with van der Waals surface area (Å²) in [6.45, 7) is 5.83. The normalized spacial score (nSPS) is 15.2. The van der Waals surface area contributed by atoms with Gasteiger partial charge in [-0.05, 0) is 57.2 Å². The van der Waals surface area contributed by atoms with Gasteiger partial charge in [0.05, 0.1) is 23.7 Å². The molecule has 7 heteroatoms. The molecule has 33 heavy (non-hydrogen) atoms. The lowest BCUT2D eigenvalue weighted by Gasteiger charge is -2.34. The molecule has 0 bridgehead atoms. The van der Waals surface area contributed by atoms with E-state index in [0.29, 0.717) is 45.6 Å². The molecule has 1 fully saturated rings. The first-order chi connectivity index (χ1) is 15.7. The molecule has 0 aliphatic heterocycles. The third-order valence-electron chi connectivity index (χ3n) is 6.95. The number of amides is 1. The molecule has 3 rings (SSSR count). The van der Waals surface area contributed by atoms with Crippen LogP contribution < -0.4 is 0 Å². The smallest absolute Gasteiger partial charge is 0.354 e. The number of esters is 1. The van der Waals surface area contributed by atoms with Crippen LogP contribution in [0.5, 0.6) is 0 Å². The van der Waals surface area contributed by atoms with E-state index in [2.05, 4.69) is 0 Å². The standard InChI is InChI=1S/C26H33ClN2O4/c1-16-22(17(2)28(4)23(16)26(32)33-5)24(30)18(3)29(15-19-11-7-6-8-12-19)25(31)20-13-9-10-14-21(20)27/h9-10,13-14,18-19H,6-8,11-12,15H2,1-5H3/t18-/m1/s1. The van der Waals surface area contributed by atoms with Gasteiger partial charge in [0.2, 0.25) is 0 Å². The van der Waals surface area contributed by atoms with Gasteiger partial charge in [-0.25, -0.2) is 4.79 Å². The van der Waals surface area contributed by atoms with Gasteiger partial charge >= 0.3 is 5.97 Å². The van der Waals surface area contributed by atoms with Gasteiger partial charge < -0.3 is 14.2 Å². The van der Waals surface area contributed by atoms with Crippen molar-refractivity contribution >= 4 is 29.3 Å². The number of carbonyl (C=O) groups is 3. The van der Waals surface area contributed by atoms with E-state index in [1.165, 1.54) is 13.5 Å². The van der Waals surface area contributed by atoms with Crippen LogP contribution in [0.4, 0.5) is 0 Å². The first-order valence-corrected chi connectivity index (χ1v) is 11.9. The highest BCUT2D eigenvalue weighted by Gasteiger charge is 2.34. The van der Waals surface area contributed by atoms with E-state index in [-0.39, 0.29) is 11.7 Å². The Balaban J connectivity index is 2.00.